The predicted molar refractivity (Wildman–Crippen MR) is 315 cm³/mol. The third-order valence-corrected chi connectivity index (χ3v) is 14.1. The van der Waals surface area contributed by atoms with Gasteiger partial charge in [-0.25, -0.2) is 9.83 Å². The molecule has 4 heterocycles. The van der Waals surface area contributed by atoms with Crippen molar-refractivity contribution in [1.82, 2.24) is 28.9 Å². The predicted octanol–water partition coefficient (Wildman–Crippen LogP) is 9.51. The molecule has 8 aromatic carbocycles. The van der Waals surface area contributed by atoms with E-state index in [1.54, 1.807) is 24.5 Å². The third kappa shape index (κ3) is 9.01. The first-order valence-corrected chi connectivity index (χ1v) is 25.9. The number of phenolic OH excluding ortho intramolecular Hbond substituents is 1. The van der Waals surface area contributed by atoms with Gasteiger partial charge in [-0.2, -0.15) is 5.26 Å². The Morgan fingerprint density at radius 2 is 0.936 bits per heavy atom. The minimum Gasteiger partial charge on any atom is -0.508 e. The fraction of sp³-hybridized carbons (Fsp3) is 0.0606. The molecule has 0 saturated heterocycles. The number of hydrogen-bond acceptors (Lipinski definition) is 7. The minimum atomic E-state index is -0.588. The molecule has 1 N–H and O–H groups in total. The molecule has 12 aromatic rings. The van der Waals surface area contributed by atoms with Gasteiger partial charge in [0.2, 0.25) is 5.70 Å². The molecule has 0 aliphatic rings. The Bertz CT molecular complexity index is 4210. The zero-order chi connectivity index (χ0) is 53.1. The van der Waals surface area contributed by atoms with Crippen molar-refractivity contribution in [1.29, 1.82) is 5.26 Å². The molecule has 12 rings (SSSR count). The molecule has 0 amide bonds. The minimum absolute atomic E-state index is 0.0815. The van der Waals surface area contributed by atoms with Crippen LogP contribution in [0.1, 0.15) is 25.2 Å². The van der Waals surface area contributed by atoms with Gasteiger partial charge in [0, 0.05) is 33.7 Å². The second-order valence-corrected chi connectivity index (χ2v) is 19.5. The van der Waals surface area contributed by atoms with Crippen molar-refractivity contribution in [2.24, 2.45) is 5.92 Å². The van der Waals surface area contributed by atoms with E-state index in [4.69, 9.17) is 24.7 Å². The highest BCUT2D eigenvalue weighted by Crippen LogP contribution is 2.37. The summed E-state index contributed by atoms with van der Waals surface area (Å²) in [5.74, 6) is 1.08. The van der Waals surface area contributed by atoms with E-state index in [2.05, 4.69) is 94.4 Å². The Balaban J connectivity index is 1.43. The van der Waals surface area contributed by atoms with Crippen LogP contribution in [0.15, 0.2) is 231 Å². The van der Waals surface area contributed by atoms with E-state index in [0.29, 0.717) is 78.9 Å². The van der Waals surface area contributed by atoms with E-state index >= 15 is 0 Å². The number of nitriles is 1. The number of nitrogens with zero attached hydrogens (tertiary/aromatic N) is 8. The molecule has 12 heteroatoms. The number of ether oxygens (including phenoxy) is 1. The van der Waals surface area contributed by atoms with Gasteiger partial charge in [0.05, 0.1) is 52.5 Å². The van der Waals surface area contributed by atoms with Crippen molar-refractivity contribution in [3.63, 3.8) is 0 Å². The van der Waals surface area contributed by atoms with Crippen LogP contribution in [-0.4, -0.2) is 54.3 Å². The molecule has 0 bridgehead atoms. The van der Waals surface area contributed by atoms with Crippen LogP contribution in [0.2, 0.25) is 0 Å². The summed E-state index contributed by atoms with van der Waals surface area (Å²) in [6.07, 6.45) is 3.37. The topological polar surface area (TPSA) is 119 Å². The Labute approximate surface area is 452 Å². The van der Waals surface area contributed by atoms with E-state index in [0.717, 1.165) is 38.7 Å². The third-order valence-electron chi connectivity index (χ3n) is 14.1. The van der Waals surface area contributed by atoms with E-state index in [1.807, 2.05) is 146 Å². The van der Waals surface area contributed by atoms with E-state index in [-0.39, 0.29) is 17.0 Å². The van der Waals surface area contributed by atoms with Crippen molar-refractivity contribution in [3.05, 3.63) is 264 Å². The van der Waals surface area contributed by atoms with Gasteiger partial charge in [-0.3, -0.25) is 15.0 Å². The first-order valence-electron chi connectivity index (χ1n) is 25.9. The summed E-state index contributed by atoms with van der Waals surface area (Å²) >= 11 is 0. The van der Waals surface area contributed by atoms with Crippen molar-refractivity contribution in [2.45, 2.75) is 13.8 Å². The molecular formula is C66H48B2N8O2. The van der Waals surface area contributed by atoms with Gasteiger partial charge in [-0.1, -0.05) is 181 Å². The van der Waals surface area contributed by atoms with Crippen molar-refractivity contribution in [3.8, 4) is 40.1 Å². The highest BCUT2D eigenvalue weighted by molar-refractivity contribution is 6.85. The maximum Gasteiger partial charge on any atom is 0.328 e. The van der Waals surface area contributed by atoms with Crippen LogP contribution in [-0.2, 0) is 0 Å². The summed E-state index contributed by atoms with van der Waals surface area (Å²) in [5, 5.41) is 25.7. The normalized spacial score (nSPS) is 12.1. The maximum absolute atomic E-state index is 12.2. The maximum atomic E-state index is 12.2. The monoisotopic (exact) mass is 1010 g/mol. The van der Waals surface area contributed by atoms with Crippen LogP contribution >= 0.6 is 0 Å². The fourth-order valence-electron chi connectivity index (χ4n) is 10.7. The van der Waals surface area contributed by atoms with Crippen molar-refractivity contribution >= 4 is 79.7 Å². The smallest absolute Gasteiger partial charge is 0.328 e. The Morgan fingerprint density at radius 1 is 0.538 bits per heavy atom. The lowest BCUT2D eigenvalue weighted by molar-refractivity contribution is 0.271. The fourth-order valence-corrected chi connectivity index (χ4v) is 10.7. The zero-order valence-corrected chi connectivity index (χ0v) is 42.8. The number of benzene rings is 8. The van der Waals surface area contributed by atoms with Crippen molar-refractivity contribution in [2.75, 3.05) is 6.61 Å². The lowest BCUT2D eigenvalue weighted by Gasteiger charge is -2.24. The summed E-state index contributed by atoms with van der Waals surface area (Å²) in [6.45, 7) is 13.1. The standard InChI is InChI=1S/C66H48B2N8O2/c1-44(2)43-78-52-38-34-46(35-39-52)64-61-60(65(53(40-69)58-41-71-54-28-16-18-30-56(54)73-58)75(64)67(47-20-8-4-9-21-47)48-22-10-5-11-23-48)63(45-32-36-51(77)37-33-45)76(68(49-24-12-6-13-25-49)50-26-14-7-15-27-50)66(61)62(70-3)59-42-72-55-29-17-19-31-57(55)74-59/h4-39,41-42,44,77H,43H2,1-2H3/b65-53-,66-62+. The van der Waals surface area contributed by atoms with Gasteiger partial charge >= 0.3 is 13.7 Å². The second kappa shape index (κ2) is 21.1. The molecule has 0 radical (unpaired) electrons. The molecular weight excluding hydrogens is 958 g/mol. The van der Waals surface area contributed by atoms with Crippen LogP contribution in [0.4, 0.5) is 0 Å². The van der Waals surface area contributed by atoms with E-state index in [1.165, 1.54) is 0 Å². The summed E-state index contributed by atoms with van der Waals surface area (Å²) < 4.78 is 10.9. The van der Waals surface area contributed by atoms with Gasteiger partial charge in [0.1, 0.15) is 28.8 Å². The Hall–Kier alpha value is -10.3. The molecule has 4 aromatic heterocycles. The van der Waals surface area contributed by atoms with Crippen LogP contribution in [0.25, 0.3) is 71.5 Å². The molecule has 0 saturated carbocycles. The molecule has 0 aliphatic heterocycles. The van der Waals surface area contributed by atoms with Gasteiger partial charge in [-0.05, 0) is 89.8 Å². The number of hydrogen-bond donors (Lipinski definition) is 1. The van der Waals surface area contributed by atoms with Crippen molar-refractivity contribution < 1.29 is 9.84 Å². The Morgan fingerprint density at radius 3 is 1.38 bits per heavy atom. The lowest BCUT2D eigenvalue weighted by Crippen LogP contribution is -2.54. The number of aromatic hydroxyl groups is 1. The van der Waals surface area contributed by atoms with Crippen LogP contribution in [0.3, 0.4) is 0 Å². The molecule has 0 atom stereocenters. The second-order valence-electron chi connectivity index (χ2n) is 19.5. The van der Waals surface area contributed by atoms with Gasteiger partial charge < -0.3 is 18.8 Å². The van der Waals surface area contributed by atoms with E-state index in [9.17, 15) is 16.9 Å². The molecule has 0 unspecified atom stereocenters. The number of para-hydroxylation sites is 4. The first kappa shape index (κ1) is 48.6. The summed E-state index contributed by atoms with van der Waals surface area (Å²) in [6, 6.07) is 74.5. The first-order chi connectivity index (χ1) is 38.4. The zero-order valence-electron chi connectivity index (χ0n) is 42.8. The summed E-state index contributed by atoms with van der Waals surface area (Å²) in [4.78, 5) is 24.9. The number of aromatic nitrogens is 6. The van der Waals surface area contributed by atoms with Crippen LogP contribution < -0.4 is 37.3 Å². The molecule has 78 heavy (non-hydrogen) atoms. The largest absolute Gasteiger partial charge is 0.508 e. The molecule has 0 aliphatic carbocycles. The summed E-state index contributed by atoms with van der Waals surface area (Å²) in [5.41, 5.74) is 10.5. The molecule has 10 nitrogen and oxygen atoms in total. The summed E-state index contributed by atoms with van der Waals surface area (Å²) in [7, 11) is 0. The highest BCUT2D eigenvalue weighted by Gasteiger charge is 2.37. The van der Waals surface area contributed by atoms with Gasteiger partial charge in [0.15, 0.2) is 0 Å². The number of rotatable bonds is 13. The molecule has 0 fully saturated rings. The van der Waals surface area contributed by atoms with E-state index < -0.39 is 13.7 Å². The van der Waals surface area contributed by atoms with Crippen LogP contribution in [0, 0.1) is 23.8 Å². The van der Waals surface area contributed by atoms with Crippen LogP contribution in [0.5, 0.6) is 11.5 Å². The van der Waals surface area contributed by atoms with Gasteiger partial charge in [0.25, 0.3) is 0 Å². The molecule has 370 valence electrons. The SMILES string of the molecule is [C-]#[N+]/C(c1cnc2ccccc2n1)=c1\c2c(-c3ccc(OCC(C)C)cc3)n(B(c3ccccc3)c3ccccc3)/c(=C(/C#N)c3cnc4ccccc4n3)c2c(-c2ccc(O)cc2)n1B(c1ccccc1)c1ccccc1. The number of phenols is 1. The van der Waals surface area contributed by atoms with Gasteiger partial charge in [-0.15, -0.1) is 0 Å². The number of fused-ring (bicyclic) bond motifs is 3. The Kier molecular flexibility index (Phi) is 13.2. The quantitative estimate of drug-likeness (QED) is 0.0904. The highest BCUT2D eigenvalue weighted by atomic mass is 16.5. The lowest BCUT2D eigenvalue weighted by atomic mass is 9.50. The average Bonchev–Trinajstić information content (AvgIpc) is 4.22. The molecule has 0 spiro atoms. The average molecular weight is 1010 g/mol.